The normalized spacial score (nSPS) is 22.4. The molecule has 1 fully saturated rings. The molecule has 108 valence electrons. The fourth-order valence-electron chi connectivity index (χ4n) is 2.86. The molecule has 1 saturated heterocycles. The molecule has 0 radical (unpaired) electrons. The van der Waals surface area contributed by atoms with Gasteiger partial charge in [0, 0.05) is 18.7 Å². The largest absolute Gasteiger partial charge is 0.490 e. The van der Waals surface area contributed by atoms with Crippen LogP contribution in [0.15, 0.2) is 36.9 Å². The minimum atomic E-state index is 0.124. The van der Waals surface area contributed by atoms with E-state index in [4.69, 9.17) is 4.74 Å². The average molecular weight is 273 g/mol. The molecule has 3 nitrogen and oxygen atoms in total. The summed E-state index contributed by atoms with van der Waals surface area (Å²) in [7, 11) is 0. The van der Waals surface area contributed by atoms with E-state index in [1.165, 1.54) is 6.42 Å². The Morgan fingerprint density at radius 2 is 1.90 bits per heavy atom. The Balaban J connectivity index is 2.03. The summed E-state index contributed by atoms with van der Waals surface area (Å²) in [6.07, 6.45) is 2.91. The number of nitrogens with zero attached hydrogens (tertiary/aromatic N) is 1. The van der Waals surface area contributed by atoms with Gasteiger partial charge >= 0.3 is 0 Å². The molecule has 0 aromatic heterocycles. The highest BCUT2D eigenvalue weighted by atomic mass is 16.5. The van der Waals surface area contributed by atoms with Gasteiger partial charge in [0.15, 0.2) is 0 Å². The molecule has 1 aromatic carbocycles. The number of likely N-dealkylation sites (tertiary alicyclic amines) is 1. The lowest BCUT2D eigenvalue weighted by molar-refractivity contribution is 0.0623. The number of hydrogen-bond donors (Lipinski definition) is 0. The van der Waals surface area contributed by atoms with Crippen molar-refractivity contribution in [2.75, 3.05) is 19.7 Å². The summed E-state index contributed by atoms with van der Waals surface area (Å²) in [5, 5.41) is 0. The summed E-state index contributed by atoms with van der Waals surface area (Å²) >= 11 is 0. The second kappa shape index (κ2) is 6.60. The molecular formula is C17H23NO2. The van der Waals surface area contributed by atoms with Gasteiger partial charge in [-0.2, -0.15) is 0 Å². The van der Waals surface area contributed by atoms with Crippen molar-refractivity contribution in [3.63, 3.8) is 0 Å². The molecule has 1 amide bonds. The zero-order chi connectivity index (χ0) is 14.5. The molecule has 0 saturated carbocycles. The van der Waals surface area contributed by atoms with Crippen LogP contribution in [0.1, 0.15) is 30.6 Å². The average Bonchev–Trinajstić information content (AvgIpc) is 2.44. The minimum Gasteiger partial charge on any atom is -0.490 e. The summed E-state index contributed by atoms with van der Waals surface area (Å²) in [5.41, 5.74) is 0.734. The van der Waals surface area contributed by atoms with Crippen LogP contribution < -0.4 is 4.74 Å². The third kappa shape index (κ3) is 3.62. The van der Waals surface area contributed by atoms with Gasteiger partial charge in [0.05, 0.1) is 0 Å². The van der Waals surface area contributed by atoms with Gasteiger partial charge in [-0.3, -0.25) is 4.79 Å². The maximum atomic E-state index is 12.5. The van der Waals surface area contributed by atoms with Gasteiger partial charge in [0.1, 0.15) is 12.4 Å². The van der Waals surface area contributed by atoms with Crippen LogP contribution in [0.4, 0.5) is 0 Å². The van der Waals surface area contributed by atoms with Gasteiger partial charge in [0.25, 0.3) is 5.91 Å². The minimum absolute atomic E-state index is 0.124. The molecule has 0 spiro atoms. The topological polar surface area (TPSA) is 29.5 Å². The van der Waals surface area contributed by atoms with Crippen LogP contribution in [-0.4, -0.2) is 30.5 Å². The fourth-order valence-corrected chi connectivity index (χ4v) is 2.86. The van der Waals surface area contributed by atoms with E-state index in [0.29, 0.717) is 18.4 Å². The second-order valence-electron chi connectivity index (χ2n) is 5.78. The monoisotopic (exact) mass is 273 g/mol. The lowest BCUT2D eigenvalue weighted by atomic mass is 9.91. The first kappa shape index (κ1) is 14.6. The van der Waals surface area contributed by atoms with Gasteiger partial charge in [-0.25, -0.2) is 0 Å². The van der Waals surface area contributed by atoms with E-state index >= 15 is 0 Å². The zero-order valence-electron chi connectivity index (χ0n) is 12.3. The van der Waals surface area contributed by atoms with E-state index in [1.807, 2.05) is 29.2 Å². The van der Waals surface area contributed by atoms with Crippen molar-refractivity contribution in [3.05, 3.63) is 42.5 Å². The van der Waals surface area contributed by atoms with Gasteiger partial charge in [-0.15, -0.1) is 0 Å². The quantitative estimate of drug-likeness (QED) is 0.787. The number of benzene rings is 1. The van der Waals surface area contributed by atoms with E-state index in [0.717, 1.165) is 24.4 Å². The summed E-state index contributed by atoms with van der Waals surface area (Å²) in [4.78, 5) is 14.5. The van der Waals surface area contributed by atoms with E-state index in [1.54, 1.807) is 6.08 Å². The first-order chi connectivity index (χ1) is 9.60. The zero-order valence-corrected chi connectivity index (χ0v) is 12.3. The molecule has 2 atom stereocenters. The first-order valence-electron chi connectivity index (χ1n) is 7.23. The fraction of sp³-hybridized carbons (Fsp3) is 0.471. The smallest absolute Gasteiger partial charge is 0.253 e. The van der Waals surface area contributed by atoms with E-state index in [9.17, 15) is 4.79 Å². The number of hydrogen-bond acceptors (Lipinski definition) is 2. The number of carbonyl (C=O) groups is 1. The molecule has 0 bridgehead atoms. The van der Waals surface area contributed by atoms with Crippen molar-refractivity contribution < 1.29 is 9.53 Å². The Morgan fingerprint density at radius 1 is 1.30 bits per heavy atom. The van der Waals surface area contributed by atoms with Crippen LogP contribution in [-0.2, 0) is 0 Å². The van der Waals surface area contributed by atoms with Crippen molar-refractivity contribution >= 4 is 5.91 Å². The summed E-state index contributed by atoms with van der Waals surface area (Å²) in [5.74, 6) is 2.05. The Labute approximate surface area is 121 Å². The molecule has 2 rings (SSSR count). The number of carbonyl (C=O) groups excluding carboxylic acids is 1. The van der Waals surface area contributed by atoms with Crippen LogP contribution >= 0.6 is 0 Å². The molecule has 2 unspecified atom stereocenters. The highest BCUT2D eigenvalue weighted by molar-refractivity contribution is 5.94. The number of amides is 1. The number of rotatable bonds is 4. The maximum absolute atomic E-state index is 12.5. The third-order valence-electron chi connectivity index (χ3n) is 3.63. The van der Waals surface area contributed by atoms with Crippen molar-refractivity contribution in [1.29, 1.82) is 0 Å². The lowest BCUT2D eigenvalue weighted by Crippen LogP contribution is -2.42. The van der Waals surface area contributed by atoms with Crippen LogP contribution in [0.3, 0.4) is 0 Å². The SMILES string of the molecule is C=CCOc1ccc(C(=O)N2CC(C)CC(C)C2)cc1. The molecule has 1 aliphatic rings. The molecular weight excluding hydrogens is 250 g/mol. The van der Waals surface area contributed by atoms with E-state index in [-0.39, 0.29) is 5.91 Å². The molecule has 0 aliphatic carbocycles. The predicted octanol–water partition coefficient (Wildman–Crippen LogP) is 3.37. The van der Waals surface area contributed by atoms with Crippen molar-refractivity contribution in [3.8, 4) is 5.75 Å². The van der Waals surface area contributed by atoms with Crippen molar-refractivity contribution in [2.24, 2.45) is 11.8 Å². The second-order valence-corrected chi connectivity index (χ2v) is 5.78. The Kier molecular flexibility index (Phi) is 4.83. The lowest BCUT2D eigenvalue weighted by Gasteiger charge is -2.35. The molecule has 1 heterocycles. The molecule has 3 heteroatoms. The van der Waals surface area contributed by atoms with Gasteiger partial charge in [0.2, 0.25) is 0 Å². The summed E-state index contributed by atoms with van der Waals surface area (Å²) < 4.78 is 5.43. The number of ether oxygens (including phenoxy) is 1. The summed E-state index contributed by atoms with van der Waals surface area (Å²) in [6, 6.07) is 7.36. The first-order valence-corrected chi connectivity index (χ1v) is 7.23. The van der Waals surface area contributed by atoms with Crippen LogP contribution in [0.25, 0.3) is 0 Å². The highest BCUT2D eigenvalue weighted by Gasteiger charge is 2.25. The highest BCUT2D eigenvalue weighted by Crippen LogP contribution is 2.23. The van der Waals surface area contributed by atoms with Crippen LogP contribution in [0.5, 0.6) is 5.75 Å². The Morgan fingerprint density at radius 3 is 2.45 bits per heavy atom. The Bertz CT molecular complexity index is 456. The third-order valence-corrected chi connectivity index (χ3v) is 3.63. The van der Waals surface area contributed by atoms with Crippen molar-refractivity contribution in [2.45, 2.75) is 20.3 Å². The predicted molar refractivity (Wildman–Crippen MR) is 81.0 cm³/mol. The maximum Gasteiger partial charge on any atom is 0.253 e. The van der Waals surface area contributed by atoms with E-state index < -0.39 is 0 Å². The molecule has 20 heavy (non-hydrogen) atoms. The number of piperidine rings is 1. The van der Waals surface area contributed by atoms with Gasteiger partial charge in [-0.05, 0) is 42.5 Å². The van der Waals surface area contributed by atoms with Crippen LogP contribution in [0.2, 0.25) is 0 Å². The van der Waals surface area contributed by atoms with Gasteiger partial charge < -0.3 is 9.64 Å². The van der Waals surface area contributed by atoms with Crippen LogP contribution in [0, 0.1) is 11.8 Å². The van der Waals surface area contributed by atoms with Crippen molar-refractivity contribution in [1.82, 2.24) is 4.90 Å². The summed E-state index contributed by atoms with van der Waals surface area (Å²) in [6.45, 7) is 10.2. The van der Waals surface area contributed by atoms with Gasteiger partial charge in [-0.1, -0.05) is 26.5 Å². The Hall–Kier alpha value is -1.77. The molecule has 0 N–H and O–H groups in total. The molecule has 1 aliphatic heterocycles. The standard InChI is InChI=1S/C17H23NO2/c1-4-9-20-16-7-5-15(6-8-16)17(19)18-11-13(2)10-14(3)12-18/h4-8,13-14H,1,9-12H2,2-3H3. The molecule has 1 aromatic rings. The van der Waals surface area contributed by atoms with E-state index in [2.05, 4.69) is 20.4 Å².